The monoisotopic (exact) mass is 549 g/mol. The number of nitrogens with zero attached hydrogens (tertiary/aromatic N) is 3. The standard InChI is InChI=1S/C30H33ClFN5S/c1-20-7-12-26(25(31)17-20)34-21(2)29(33)38-30-35-27-5-3-4-6-28(27)37(30)19-23-13-15-36(16-14-23)18-22-8-10-24(32)11-9-22/h3-12,17,23,29,34H,2,13-16,18-19,33H2,1H3. The minimum Gasteiger partial charge on any atom is -0.356 e. The quantitative estimate of drug-likeness (QED) is 0.173. The van der Waals surface area contributed by atoms with E-state index in [9.17, 15) is 4.39 Å². The molecule has 1 saturated heterocycles. The lowest BCUT2D eigenvalue weighted by molar-refractivity contribution is 0.166. The molecule has 0 bridgehead atoms. The van der Waals surface area contributed by atoms with E-state index in [2.05, 4.69) is 33.5 Å². The van der Waals surface area contributed by atoms with Crippen LogP contribution in [-0.2, 0) is 13.1 Å². The summed E-state index contributed by atoms with van der Waals surface area (Å²) in [6.45, 7) is 9.98. The van der Waals surface area contributed by atoms with Gasteiger partial charge in [0.15, 0.2) is 5.16 Å². The number of fused-ring (bicyclic) bond motifs is 1. The SMILES string of the molecule is C=C(Nc1ccc(C)cc1Cl)C(N)Sc1nc2ccccc2n1CC1CCN(Cc2ccc(F)cc2)CC1. The van der Waals surface area contributed by atoms with Crippen molar-refractivity contribution in [2.24, 2.45) is 11.7 Å². The highest BCUT2D eigenvalue weighted by Gasteiger charge is 2.23. The first kappa shape index (κ1) is 26.8. The van der Waals surface area contributed by atoms with Crippen molar-refractivity contribution >= 4 is 40.1 Å². The zero-order valence-electron chi connectivity index (χ0n) is 21.5. The highest BCUT2D eigenvalue weighted by atomic mass is 35.5. The van der Waals surface area contributed by atoms with Crippen LogP contribution in [0.3, 0.4) is 0 Å². The van der Waals surface area contributed by atoms with Gasteiger partial charge >= 0.3 is 0 Å². The Hall–Kier alpha value is -2.84. The zero-order valence-corrected chi connectivity index (χ0v) is 23.1. The molecule has 1 atom stereocenters. The third-order valence-corrected chi connectivity index (χ3v) is 8.46. The van der Waals surface area contributed by atoms with Crippen molar-refractivity contribution in [3.8, 4) is 0 Å². The Morgan fingerprint density at radius 2 is 1.89 bits per heavy atom. The van der Waals surface area contributed by atoms with E-state index in [1.165, 1.54) is 23.9 Å². The minimum atomic E-state index is -0.402. The zero-order chi connectivity index (χ0) is 26.6. The Kier molecular flexibility index (Phi) is 8.39. The molecule has 3 aromatic carbocycles. The van der Waals surface area contributed by atoms with E-state index in [-0.39, 0.29) is 5.82 Å². The van der Waals surface area contributed by atoms with Crippen LogP contribution in [0.15, 0.2) is 84.2 Å². The van der Waals surface area contributed by atoms with Gasteiger partial charge in [0.25, 0.3) is 0 Å². The molecule has 38 heavy (non-hydrogen) atoms. The van der Waals surface area contributed by atoms with Gasteiger partial charge in [0.05, 0.1) is 27.1 Å². The van der Waals surface area contributed by atoms with Crippen LogP contribution in [0.2, 0.25) is 5.02 Å². The first-order valence-electron chi connectivity index (χ1n) is 12.9. The molecule has 0 aliphatic carbocycles. The summed E-state index contributed by atoms with van der Waals surface area (Å²) in [7, 11) is 0. The molecule has 2 heterocycles. The lowest BCUT2D eigenvalue weighted by Crippen LogP contribution is -2.34. The first-order valence-corrected chi connectivity index (χ1v) is 14.2. The summed E-state index contributed by atoms with van der Waals surface area (Å²) in [5, 5.41) is 4.42. The van der Waals surface area contributed by atoms with Gasteiger partial charge in [-0.15, -0.1) is 0 Å². The largest absolute Gasteiger partial charge is 0.356 e. The molecule has 198 valence electrons. The third kappa shape index (κ3) is 6.41. The second kappa shape index (κ2) is 11.9. The van der Waals surface area contributed by atoms with Crippen LogP contribution in [0, 0.1) is 18.7 Å². The highest BCUT2D eigenvalue weighted by Crippen LogP contribution is 2.32. The van der Waals surface area contributed by atoms with Crippen molar-refractivity contribution in [3.05, 3.63) is 101 Å². The number of imidazole rings is 1. The van der Waals surface area contributed by atoms with Crippen LogP contribution in [0.5, 0.6) is 0 Å². The topological polar surface area (TPSA) is 59.1 Å². The van der Waals surface area contributed by atoms with Gasteiger partial charge in [-0.25, -0.2) is 9.37 Å². The van der Waals surface area contributed by atoms with Crippen LogP contribution >= 0.6 is 23.4 Å². The highest BCUT2D eigenvalue weighted by molar-refractivity contribution is 7.99. The van der Waals surface area contributed by atoms with Crippen LogP contribution in [0.25, 0.3) is 11.0 Å². The van der Waals surface area contributed by atoms with Crippen molar-refractivity contribution in [1.82, 2.24) is 14.5 Å². The average molecular weight is 550 g/mol. The van der Waals surface area contributed by atoms with Gasteiger partial charge in [-0.1, -0.05) is 60.3 Å². The number of para-hydroxylation sites is 2. The Morgan fingerprint density at radius 1 is 1.16 bits per heavy atom. The maximum Gasteiger partial charge on any atom is 0.170 e. The van der Waals surface area contributed by atoms with Crippen LogP contribution in [-0.4, -0.2) is 32.9 Å². The molecule has 8 heteroatoms. The van der Waals surface area contributed by atoms with E-state index in [0.29, 0.717) is 16.6 Å². The average Bonchev–Trinajstić information content (AvgIpc) is 3.24. The number of aryl methyl sites for hydroxylation is 1. The molecule has 0 amide bonds. The Balaban J connectivity index is 1.25. The summed E-state index contributed by atoms with van der Waals surface area (Å²) < 4.78 is 15.6. The van der Waals surface area contributed by atoms with E-state index in [4.69, 9.17) is 22.3 Å². The second-order valence-corrected chi connectivity index (χ2v) is 11.5. The fourth-order valence-corrected chi connectivity index (χ4v) is 6.07. The molecular formula is C30H33ClFN5S. The molecule has 3 N–H and O–H groups in total. The van der Waals surface area contributed by atoms with Gasteiger partial charge in [-0.05, 0) is 86.3 Å². The van der Waals surface area contributed by atoms with E-state index in [0.717, 1.165) is 72.0 Å². The number of nitrogens with two attached hydrogens (primary N) is 1. The molecule has 1 fully saturated rings. The second-order valence-electron chi connectivity index (χ2n) is 10.0. The molecule has 1 aliphatic rings. The molecule has 1 unspecified atom stereocenters. The minimum absolute atomic E-state index is 0.188. The number of rotatable bonds is 9. The lowest BCUT2D eigenvalue weighted by Gasteiger charge is -2.32. The molecule has 1 aliphatic heterocycles. The molecule has 0 spiro atoms. The summed E-state index contributed by atoms with van der Waals surface area (Å²) in [5.41, 5.74) is 12.4. The number of anilines is 1. The fraction of sp³-hybridized carbons (Fsp3) is 0.300. The predicted molar refractivity (Wildman–Crippen MR) is 157 cm³/mol. The fourth-order valence-electron chi connectivity index (χ4n) is 4.90. The number of likely N-dealkylation sites (tertiary alicyclic amines) is 1. The van der Waals surface area contributed by atoms with E-state index in [1.807, 2.05) is 49.4 Å². The van der Waals surface area contributed by atoms with Gasteiger partial charge in [-0.3, -0.25) is 4.90 Å². The van der Waals surface area contributed by atoms with Gasteiger partial charge < -0.3 is 15.6 Å². The van der Waals surface area contributed by atoms with Crippen molar-refractivity contribution in [1.29, 1.82) is 0 Å². The molecule has 1 aromatic heterocycles. The Bertz CT molecular complexity index is 1410. The lowest BCUT2D eigenvalue weighted by atomic mass is 9.96. The number of piperidine rings is 1. The summed E-state index contributed by atoms with van der Waals surface area (Å²) in [5.74, 6) is 0.354. The van der Waals surface area contributed by atoms with Gasteiger partial charge in [0.1, 0.15) is 5.82 Å². The summed E-state index contributed by atoms with van der Waals surface area (Å²) in [6, 6.07) is 20.9. The number of aromatic nitrogens is 2. The number of hydrogen-bond acceptors (Lipinski definition) is 5. The predicted octanol–water partition coefficient (Wildman–Crippen LogP) is 7.05. The molecule has 5 nitrogen and oxygen atoms in total. The normalized spacial score (nSPS) is 15.6. The van der Waals surface area contributed by atoms with Crippen molar-refractivity contribution < 1.29 is 4.39 Å². The molecule has 5 rings (SSSR count). The maximum atomic E-state index is 13.2. The third-order valence-electron chi connectivity index (χ3n) is 7.08. The Labute approximate surface area is 232 Å². The molecule has 0 saturated carbocycles. The van der Waals surface area contributed by atoms with Gasteiger partial charge in [0.2, 0.25) is 0 Å². The van der Waals surface area contributed by atoms with E-state index >= 15 is 0 Å². The van der Waals surface area contributed by atoms with Crippen LogP contribution in [0.1, 0.15) is 24.0 Å². The van der Waals surface area contributed by atoms with Crippen molar-refractivity contribution in [2.75, 3.05) is 18.4 Å². The number of thioether (sulfide) groups is 1. The number of benzene rings is 3. The van der Waals surface area contributed by atoms with Crippen molar-refractivity contribution in [3.63, 3.8) is 0 Å². The Morgan fingerprint density at radius 3 is 2.63 bits per heavy atom. The number of nitrogens with one attached hydrogen (secondary N) is 1. The summed E-state index contributed by atoms with van der Waals surface area (Å²) in [4.78, 5) is 7.38. The van der Waals surface area contributed by atoms with Crippen LogP contribution in [0.4, 0.5) is 10.1 Å². The van der Waals surface area contributed by atoms with E-state index in [1.54, 1.807) is 0 Å². The number of halogens is 2. The first-order chi connectivity index (χ1) is 18.4. The summed E-state index contributed by atoms with van der Waals surface area (Å²) in [6.07, 6.45) is 2.20. The molecule has 0 radical (unpaired) electrons. The van der Waals surface area contributed by atoms with Crippen LogP contribution < -0.4 is 11.1 Å². The summed E-state index contributed by atoms with van der Waals surface area (Å²) >= 11 is 7.91. The number of hydrogen-bond donors (Lipinski definition) is 2. The smallest absolute Gasteiger partial charge is 0.170 e. The van der Waals surface area contributed by atoms with E-state index < -0.39 is 5.37 Å². The maximum absolute atomic E-state index is 13.2. The van der Waals surface area contributed by atoms with Gasteiger partial charge in [0, 0.05) is 18.8 Å². The molecule has 4 aromatic rings. The molecular weight excluding hydrogens is 517 g/mol. The van der Waals surface area contributed by atoms with Crippen molar-refractivity contribution in [2.45, 2.75) is 43.4 Å². The van der Waals surface area contributed by atoms with Gasteiger partial charge in [-0.2, -0.15) is 0 Å².